The molecule has 2 fully saturated rings. The van der Waals surface area contributed by atoms with Crippen LogP contribution in [0.2, 0.25) is 0 Å². The fourth-order valence-electron chi connectivity index (χ4n) is 5.39. The number of halogens is 6. The van der Waals surface area contributed by atoms with Gasteiger partial charge in [0.05, 0.1) is 23.9 Å². The quantitative estimate of drug-likeness (QED) is 0.203. The number of piperidine rings is 1. The summed E-state index contributed by atoms with van der Waals surface area (Å²) < 4.78 is 96.9. The van der Waals surface area contributed by atoms with Crippen molar-refractivity contribution in [2.75, 3.05) is 32.8 Å². The van der Waals surface area contributed by atoms with Gasteiger partial charge in [-0.05, 0) is 53.9 Å². The molecule has 0 unspecified atom stereocenters. The van der Waals surface area contributed by atoms with E-state index in [0.717, 1.165) is 29.2 Å². The number of nitrogens with zero attached hydrogens (tertiary/aromatic N) is 2. The summed E-state index contributed by atoms with van der Waals surface area (Å²) >= 11 is 0. The summed E-state index contributed by atoms with van der Waals surface area (Å²) in [5, 5.41) is 0. The lowest BCUT2D eigenvalue weighted by atomic mass is 9.91. The first-order chi connectivity index (χ1) is 20.3. The fraction of sp³-hybridized carbons (Fsp3) is 0.400. The van der Waals surface area contributed by atoms with Crippen molar-refractivity contribution >= 4 is 12.0 Å². The molecule has 0 bridgehead atoms. The molecule has 0 saturated carbocycles. The van der Waals surface area contributed by atoms with Crippen LogP contribution in [0.5, 0.6) is 0 Å². The van der Waals surface area contributed by atoms with Gasteiger partial charge in [-0.3, -0.25) is 4.79 Å². The molecule has 0 aliphatic carbocycles. The number of hydrogen-bond donors (Lipinski definition) is 0. The van der Waals surface area contributed by atoms with Crippen molar-refractivity contribution in [3.05, 3.63) is 94.9 Å². The highest BCUT2D eigenvalue weighted by Gasteiger charge is 2.49. The van der Waals surface area contributed by atoms with Crippen LogP contribution in [-0.2, 0) is 21.8 Å². The molecule has 3 heterocycles. The lowest BCUT2D eigenvalue weighted by Crippen LogP contribution is -2.47. The van der Waals surface area contributed by atoms with Crippen LogP contribution < -0.4 is 0 Å². The molecule has 13 heteroatoms. The van der Waals surface area contributed by atoms with E-state index in [4.69, 9.17) is 13.9 Å². The summed E-state index contributed by atoms with van der Waals surface area (Å²) in [4.78, 5) is 28.1. The molecule has 0 atom stereocenters. The predicted octanol–water partition coefficient (Wildman–Crippen LogP) is 6.94. The van der Waals surface area contributed by atoms with E-state index >= 15 is 0 Å². The van der Waals surface area contributed by atoms with Gasteiger partial charge >= 0.3 is 18.4 Å². The summed E-state index contributed by atoms with van der Waals surface area (Å²) in [5.74, 6) is -0.525. The largest absolute Gasteiger partial charge is 0.459 e. The maximum atomic E-state index is 13.4. The van der Waals surface area contributed by atoms with E-state index in [9.17, 15) is 35.9 Å². The number of carbonyl (C=O) groups is 2. The van der Waals surface area contributed by atoms with Gasteiger partial charge in [0.1, 0.15) is 11.7 Å². The van der Waals surface area contributed by atoms with Gasteiger partial charge in [0.15, 0.2) is 5.76 Å². The van der Waals surface area contributed by atoms with E-state index in [1.807, 2.05) is 0 Å². The van der Waals surface area contributed by atoms with Gasteiger partial charge in [-0.1, -0.05) is 24.3 Å². The maximum Gasteiger partial charge on any atom is 0.417 e. The number of imide groups is 1. The van der Waals surface area contributed by atoms with Gasteiger partial charge in [-0.25, -0.2) is 9.69 Å². The van der Waals surface area contributed by atoms with E-state index < -0.39 is 47.2 Å². The number of amides is 2. The number of benzene rings is 2. The number of rotatable bonds is 8. The normalized spacial score (nSPS) is 17.6. The van der Waals surface area contributed by atoms with Crippen LogP contribution in [0.25, 0.3) is 0 Å². The Labute approximate surface area is 243 Å². The first kappa shape index (κ1) is 30.6. The second kappa shape index (κ2) is 12.0. The van der Waals surface area contributed by atoms with E-state index in [0.29, 0.717) is 38.9 Å². The number of alkyl halides is 6. The highest BCUT2D eigenvalue weighted by atomic mass is 19.4. The third-order valence-corrected chi connectivity index (χ3v) is 7.65. The minimum absolute atomic E-state index is 0.0417. The Kier molecular flexibility index (Phi) is 8.57. The molecule has 0 radical (unpaired) electrons. The monoisotopic (exact) mass is 610 g/mol. The molecule has 0 N–H and O–H groups in total. The minimum Gasteiger partial charge on any atom is -0.459 e. The third kappa shape index (κ3) is 7.04. The molecule has 3 aromatic rings. The Hall–Kier alpha value is -3.84. The van der Waals surface area contributed by atoms with Gasteiger partial charge in [0.25, 0.3) is 5.91 Å². The molecule has 1 spiro atoms. The van der Waals surface area contributed by atoms with Crippen LogP contribution in [-0.4, -0.2) is 60.2 Å². The molecule has 5 rings (SSSR count). The lowest BCUT2D eigenvalue weighted by molar-refractivity contribution is -0.138. The summed E-state index contributed by atoms with van der Waals surface area (Å²) in [6, 6.07) is 11.8. The summed E-state index contributed by atoms with van der Waals surface area (Å²) in [6.07, 6.45) is -8.37. The van der Waals surface area contributed by atoms with Crippen molar-refractivity contribution in [1.29, 1.82) is 0 Å². The van der Waals surface area contributed by atoms with Crippen molar-refractivity contribution in [2.45, 2.75) is 43.3 Å². The molecule has 7 nitrogen and oxygen atoms in total. The molecule has 1 aromatic heterocycles. The van der Waals surface area contributed by atoms with Crippen LogP contribution >= 0.6 is 0 Å². The van der Waals surface area contributed by atoms with Crippen molar-refractivity contribution in [3.63, 3.8) is 0 Å². The topological polar surface area (TPSA) is 72.2 Å². The average Bonchev–Trinajstić information content (AvgIpc) is 3.61. The molecule has 2 aliphatic heterocycles. The van der Waals surface area contributed by atoms with Crippen LogP contribution in [0.4, 0.5) is 31.1 Å². The van der Waals surface area contributed by atoms with Crippen LogP contribution in [0.3, 0.4) is 0 Å². The smallest absolute Gasteiger partial charge is 0.417 e. The number of hydrogen-bond acceptors (Lipinski definition) is 6. The first-order valence-electron chi connectivity index (χ1n) is 13.6. The highest BCUT2D eigenvalue weighted by molar-refractivity contribution is 6.02. The van der Waals surface area contributed by atoms with Crippen LogP contribution in [0.1, 0.15) is 58.2 Å². The molecule has 43 heavy (non-hydrogen) atoms. The first-order valence-corrected chi connectivity index (χ1v) is 13.6. The molecule has 230 valence electrons. The maximum absolute atomic E-state index is 13.4. The SMILES string of the molecule is O=C1OC2(CCN(CCCOC(c3cccc(C(F)(F)F)c3)c3cccc(C(F)(F)F)c3)CC2)CN1C(=O)c1ccco1. The van der Waals surface area contributed by atoms with Gasteiger partial charge in [-0.15, -0.1) is 0 Å². The van der Waals surface area contributed by atoms with E-state index in [1.165, 1.54) is 36.6 Å². The minimum atomic E-state index is -4.63. The Morgan fingerprint density at radius 1 is 0.907 bits per heavy atom. The molecular formula is C30H28F6N2O5. The predicted molar refractivity (Wildman–Crippen MR) is 140 cm³/mol. The second-order valence-corrected chi connectivity index (χ2v) is 10.6. The zero-order chi connectivity index (χ0) is 30.8. The number of furan rings is 1. The average molecular weight is 611 g/mol. The second-order valence-electron chi connectivity index (χ2n) is 10.6. The van der Waals surface area contributed by atoms with Crippen LogP contribution in [0.15, 0.2) is 71.3 Å². The standard InChI is InChI=1S/C30H28F6N2O5/c31-29(32,33)22-7-1-5-20(17-22)25(21-6-2-8-23(18-21)30(34,35)36)42-16-4-12-37-13-10-28(11-14-37)19-38(27(40)43-28)26(39)24-9-3-15-41-24/h1-3,5-9,15,17-18,25H,4,10-14,16,19H2. The van der Waals surface area contributed by atoms with E-state index in [-0.39, 0.29) is 30.0 Å². The van der Waals surface area contributed by atoms with Crippen molar-refractivity contribution in [3.8, 4) is 0 Å². The van der Waals surface area contributed by atoms with Gasteiger partial charge in [-0.2, -0.15) is 26.3 Å². The van der Waals surface area contributed by atoms with Gasteiger partial charge < -0.3 is 18.8 Å². The Morgan fingerprint density at radius 3 is 2.05 bits per heavy atom. The van der Waals surface area contributed by atoms with Crippen LogP contribution in [0, 0.1) is 0 Å². The lowest BCUT2D eigenvalue weighted by Gasteiger charge is -2.37. The fourth-order valence-corrected chi connectivity index (χ4v) is 5.39. The molecular weight excluding hydrogens is 582 g/mol. The summed E-state index contributed by atoms with van der Waals surface area (Å²) in [7, 11) is 0. The van der Waals surface area contributed by atoms with E-state index in [2.05, 4.69) is 4.90 Å². The van der Waals surface area contributed by atoms with E-state index in [1.54, 1.807) is 6.07 Å². The molecule has 2 aliphatic rings. The zero-order valence-corrected chi connectivity index (χ0v) is 22.8. The number of likely N-dealkylation sites (tertiary alicyclic amines) is 1. The number of ether oxygens (including phenoxy) is 2. The van der Waals surface area contributed by atoms with Gasteiger partial charge in [0.2, 0.25) is 0 Å². The molecule has 2 aromatic carbocycles. The van der Waals surface area contributed by atoms with Crippen molar-refractivity contribution in [2.24, 2.45) is 0 Å². The molecule has 2 saturated heterocycles. The molecule has 2 amide bonds. The number of carbonyl (C=O) groups excluding carboxylic acids is 2. The summed E-state index contributed by atoms with van der Waals surface area (Å²) in [5.41, 5.74) is -2.48. The van der Waals surface area contributed by atoms with Crippen molar-refractivity contribution < 1.29 is 49.8 Å². The Morgan fingerprint density at radius 2 is 1.51 bits per heavy atom. The third-order valence-electron chi connectivity index (χ3n) is 7.65. The van der Waals surface area contributed by atoms with Crippen molar-refractivity contribution in [1.82, 2.24) is 9.80 Å². The highest BCUT2D eigenvalue weighted by Crippen LogP contribution is 2.37. The summed E-state index contributed by atoms with van der Waals surface area (Å²) in [6.45, 7) is 1.83. The van der Waals surface area contributed by atoms with Gasteiger partial charge in [0, 0.05) is 39.1 Å². The Balaban J connectivity index is 1.19. The Bertz CT molecular complexity index is 1370. The zero-order valence-electron chi connectivity index (χ0n) is 22.8.